The predicted molar refractivity (Wildman–Crippen MR) is 98.8 cm³/mol. The number of alkyl carbamates (subject to hydrolysis) is 1. The standard InChI is InChI=1S/C21H29NO2/c1-3-5-14-21(15-10-7-11-16-21)17-19(22-20(23)24-4-2)18-12-8-6-9-13-18/h6-13,15,19H,3-5,14,16-17H2,1-2H3,(H,22,23). The number of hydrogen-bond acceptors (Lipinski definition) is 2. The highest BCUT2D eigenvalue weighted by atomic mass is 16.5. The third kappa shape index (κ3) is 5.26. The molecule has 0 fully saturated rings. The quantitative estimate of drug-likeness (QED) is 0.679. The van der Waals surface area contributed by atoms with E-state index in [1.807, 2.05) is 25.1 Å². The third-order valence-corrected chi connectivity index (χ3v) is 4.63. The maximum atomic E-state index is 12.0. The van der Waals surface area contributed by atoms with Gasteiger partial charge in [0.1, 0.15) is 0 Å². The number of carbonyl (C=O) groups excluding carboxylic acids is 1. The molecule has 2 atom stereocenters. The highest BCUT2D eigenvalue weighted by Gasteiger charge is 2.31. The predicted octanol–water partition coefficient (Wildman–Crippen LogP) is 5.56. The minimum Gasteiger partial charge on any atom is -0.450 e. The van der Waals surface area contributed by atoms with Gasteiger partial charge in [0.05, 0.1) is 12.6 Å². The number of nitrogens with one attached hydrogen (secondary N) is 1. The summed E-state index contributed by atoms with van der Waals surface area (Å²) >= 11 is 0. The van der Waals surface area contributed by atoms with Gasteiger partial charge in [0.2, 0.25) is 0 Å². The highest BCUT2D eigenvalue weighted by Crippen LogP contribution is 2.41. The van der Waals surface area contributed by atoms with Crippen LogP contribution < -0.4 is 5.32 Å². The summed E-state index contributed by atoms with van der Waals surface area (Å²) in [6, 6.07) is 10.1. The van der Waals surface area contributed by atoms with Gasteiger partial charge in [-0.25, -0.2) is 4.79 Å². The van der Waals surface area contributed by atoms with Gasteiger partial charge in [-0.1, -0.05) is 74.4 Å². The van der Waals surface area contributed by atoms with Crippen LogP contribution in [0.25, 0.3) is 0 Å². The summed E-state index contributed by atoms with van der Waals surface area (Å²) in [5.74, 6) is 0. The zero-order chi connectivity index (χ0) is 17.3. The molecule has 1 aliphatic rings. The molecule has 0 aromatic heterocycles. The zero-order valence-electron chi connectivity index (χ0n) is 14.8. The van der Waals surface area contributed by atoms with E-state index in [1.54, 1.807) is 0 Å². The minimum atomic E-state index is -0.340. The largest absolute Gasteiger partial charge is 0.450 e. The average molecular weight is 327 g/mol. The van der Waals surface area contributed by atoms with Crippen LogP contribution in [0.2, 0.25) is 0 Å². The fraction of sp³-hybridized carbons (Fsp3) is 0.476. The van der Waals surface area contributed by atoms with Gasteiger partial charge < -0.3 is 10.1 Å². The molecule has 3 heteroatoms. The summed E-state index contributed by atoms with van der Waals surface area (Å²) in [5, 5.41) is 3.06. The third-order valence-electron chi connectivity index (χ3n) is 4.63. The summed E-state index contributed by atoms with van der Waals surface area (Å²) < 4.78 is 5.12. The van der Waals surface area contributed by atoms with E-state index in [0.29, 0.717) is 6.61 Å². The van der Waals surface area contributed by atoms with E-state index >= 15 is 0 Å². The number of ether oxygens (including phenoxy) is 1. The van der Waals surface area contributed by atoms with Gasteiger partial charge in [0, 0.05) is 0 Å². The van der Waals surface area contributed by atoms with Gasteiger partial charge in [0.15, 0.2) is 0 Å². The smallest absolute Gasteiger partial charge is 0.407 e. The molecule has 2 unspecified atom stereocenters. The first-order valence-corrected chi connectivity index (χ1v) is 9.02. The Balaban J connectivity index is 2.20. The highest BCUT2D eigenvalue weighted by molar-refractivity contribution is 5.67. The molecule has 0 radical (unpaired) electrons. The monoisotopic (exact) mass is 327 g/mol. The molecular formula is C21H29NO2. The fourth-order valence-electron chi connectivity index (χ4n) is 3.34. The maximum absolute atomic E-state index is 12.0. The van der Waals surface area contributed by atoms with Crippen LogP contribution in [-0.4, -0.2) is 12.7 Å². The summed E-state index contributed by atoms with van der Waals surface area (Å²) in [4.78, 5) is 12.0. The minimum absolute atomic E-state index is 0.0433. The lowest BCUT2D eigenvalue weighted by molar-refractivity contribution is 0.143. The Kier molecular flexibility index (Phi) is 7.10. The lowest BCUT2D eigenvalue weighted by Crippen LogP contribution is -2.34. The lowest BCUT2D eigenvalue weighted by Gasteiger charge is -2.35. The molecule has 24 heavy (non-hydrogen) atoms. The van der Waals surface area contributed by atoms with Crippen LogP contribution in [0.5, 0.6) is 0 Å². The Labute approximate surface area is 145 Å². The van der Waals surface area contributed by atoms with E-state index in [9.17, 15) is 4.79 Å². The van der Waals surface area contributed by atoms with E-state index in [-0.39, 0.29) is 17.6 Å². The molecule has 2 rings (SSSR count). The van der Waals surface area contributed by atoms with E-state index in [4.69, 9.17) is 4.74 Å². The fourth-order valence-corrected chi connectivity index (χ4v) is 3.34. The van der Waals surface area contributed by atoms with Crippen molar-refractivity contribution in [3.8, 4) is 0 Å². The van der Waals surface area contributed by atoms with Crippen molar-refractivity contribution in [1.29, 1.82) is 0 Å². The van der Waals surface area contributed by atoms with E-state index in [1.165, 1.54) is 12.8 Å². The molecule has 1 amide bonds. The Morgan fingerprint density at radius 1 is 1.25 bits per heavy atom. The van der Waals surface area contributed by atoms with E-state index < -0.39 is 0 Å². The van der Waals surface area contributed by atoms with Crippen molar-refractivity contribution in [3.63, 3.8) is 0 Å². The first-order valence-electron chi connectivity index (χ1n) is 9.02. The van der Waals surface area contributed by atoms with Crippen molar-refractivity contribution in [3.05, 3.63) is 60.2 Å². The topological polar surface area (TPSA) is 38.3 Å². The number of hydrogen-bond donors (Lipinski definition) is 1. The Morgan fingerprint density at radius 2 is 2.04 bits per heavy atom. The molecule has 3 nitrogen and oxygen atoms in total. The summed E-state index contributed by atoms with van der Waals surface area (Å²) in [6.07, 6.45) is 13.9. The number of benzene rings is 1. The second-order valence-electron chi connectivity index (χ2n) is 6.49. The van der Waals surface area contributed by atoms with Gasteiger partial charge >= 0.3 is 6.09 Å². The van der Waals surface area contributed by atoms with Gasteiger partial charge in [0.25, 0.3) is 0 Å². The van der Waals surface area contributed by atoms with Crippen molar-refractivity contribution < 1.29 is 9.53 Å². The van der Waals surface area contributed by atoms with Crippen molar-refractivity contribution >= 4 is 6.09 Å². The Morgan fingerprint density at radius 3 is 2.67 bits per heavy atom. The molecule has 0 heterocycles. The van der Waals surface area contributed by atoms with Gasteiger partial charge in [-0.2, -0.15) is 0 Å². The van der Waals surface area contributed by atoms with Gasteiger partial charge in [-0.3, -0.25) is 0 Å². The molecule has 0 bridgehead atoms. The molecule has 0 saturated carbocycles. The first kappa shape index (κ1) is 18.3. The van der Waals surface area contributed by atoms with Crippen molar-refractivity contribution in [2.24, 2.45) is 5.41 Å². The van der Waals surface area contributed by atoms with Crippen LogP contribution >= 0.6 is 0 Å². The molecule has 1 aliphatic carbocycles. The molecule has 0 aliphatic heterocycles. The van der Waals surface area contributed by atoms with Crippen LogP contribution in [0, 0.1) is 5.41 Å². The lowest BCUT2D eigenvalue weighted by atomic mass is 9.72. The molecular weight excluding hydrogens is 298 g/mol. The molecule has 1 aromatic carbocycles. The van der Waals surface area contributed by atoms with Crippen LogP contribution in [0.4, 0.5) is 4.79 Å². The van der Waals surface area contributed by atoms with Crippen LogP contribution in [0.1, 0.15) is 57.6 Å². The number of amides is 1. The van der Waals surface area contributed by atoms with Crippen LogP contribution in [0.3, 0.4) is 0 Å². The Hall–Kier alpha value is -2.03. The maximum Gasteiger partial charge on any atom is 0.407 e. The average Bonchev–Trinajstić information content (AvgIpc) is 2.61. The van der Waals surface area contributed by atoms with Crippen molar-refractivity contribution in [1.82, 2.24) is 5.32 Å². The van der Waals surface area contributed by atoms with Crippen molar-refractivity contribution in [2.75, 3.05) is 6.61 Å². The van der Waals surface area contributed by atoms with E-state index in [2.05, 4.69) is 48.7 Å². The summed E-state index contributed by atoms with van der Waals surface area (Å²) in [6.45, 7) is 4.44. The van der Waals surface area contributed by atoms with Gasteiger partial charge in [-0.15, -0.1) is 0 Å². The second-order valence-corrected chi connectivity index (χ2v) is 6.49. The molecule has 130 valence electrons. The SMILES string of the molecule is CCCCC1(CC(NC(=O)OCC)c2ccccc2)C=CC=CC1. The number of allylic oxidation sites excluding steroid dienone is 4. The number of unbranched alkanes of at least 4 members (excludes halogenated alkanes) is 1. The zero-order valence-corrected chi connectivity index (χ0v) is 14.8. The molecule has 1 N–H and O–H groups in total. The summed E-state index contributed by atoms with van der Waals surface area (Å²) in [5.41, 5.74) is 1.23. The van der Waals surface area contributed by atoms with Crippen LogP contribution in [0.15, 0.2) is 54.6 Å². The molecule has 0 spiro atoms. The Bertz CT molecular complexity index is 564. The summed E-state index contributed by atoms with van der Waals surface area (Å²) in [7, 11) is 0. The first-order chi connectivity index (χ1) is 11.7. The van der Waals surface area contributed by atoms with Gasteiger partial charge in [-0.05, 0) is 37.2 Å². The number of carbonyl (C=O) groups is 1. The molecule has 1 aromatic rings. The number of rotatable bonds is 8. The normalized spacial score (nSPS) is 20.6. The van der Waals surface area contributed by atoms with Crippen LogP contribution in [-0.2, 0) is 4.74 Å². The second kappa shape index (κ2) is 9.31. The van der Waals surface area contributed by atoms with Crippen molar-refractivity contribution in [2.45, 2.75) is 52.0 Å². The molecule has 0 saturated heterocycles. The van der Waals surface area contributed by atoms with E-state index in [0.717, 1.165) is 24.8 Å².